The minimum atomic E-state index is -1.34. The number of aliphatic hydroxyl groups is 1. The number of carbonyl (C=O) groups is 1. The first-order valence-electron chi connectivity index (χ1n) is 8.29. The molecule has 2 rings (SSSR count). The molecule has 1 aromatic heterocycles. The minimum absolute atomic E-state index is 0.156. The van der Waals surface area contributed by atoms with Gasteiger partial charge in [0.25, 0.3) is 0 Å². The summed E-state index contributed by atoms with van der Waals surface area (Å²) in [6.07, 6.45) is 0.246. The first-order chi connectivity index (χ1) is 11.3. The van der Waals surface area contributed by atoms with E-state index in [1.54, 1.807) is 12.3 Å². The van der Waals surface area contributed by atoms with E-state index in [-0.39, 0.29) is 5.69 Å². The topological polar surface area (TPSA) is 79.2 Å². The fourth-order valence-electron chi connectivity index (χ4n) is 2.43. The predicted molar refractivity (Wildman–Crippen MR) is 93.6 cm³/mol. The molecule has 0 aromatic carbocycles. The lowest BCUT2D eigenvalue weighted by Crippen LogP contribution is -2.41. The Kier molecular flexibility index (Phi) is 5.14. The van der Waals surface area contributed by atoms with E-state index in [0.717, 1.165) is 0 Å². The van der Waals surface area contributed by atoms with Gasteiger partial charge in [-0.3, -0.25) is 4.57 Å². The third-order valence-corrected chi connectivity index (χ3v) is 4.49. The summed E-state index contributed by atoms with van der Waals surface area (Å²) in [5, 5.41) is 10.4. The summed E-state index contributed by atoms with van der Waals surface area (Å²) in [6, 6.07) is 1.59. The number of nitrogens with zero attached hydrogens (tertiary/aromatic N) is 1. The van der Waals surface area contributed by atoms with E-state index in [1.165, 1.54) is 11.7 Å². The summed E-state index contributed by atoms with van der Waals surface area (Å²) in [6.45, 7) is 13.2. The standard InChI is InChI=1S/C17H28BNO6/c1-15(2,3)23-14(21)19-10-11(9-12(19)13(20)22-8)18-24-16(4,5)17(6,7)25-18/h9-10,14,21H,1-8H3. The van der Waals surface area contributed by atoms with Crippen molar-refractivity contribution in [1.29, 1.82) is 0 Å². The molecule has 140 valence electrons. The molecular formula is C17H28BNO6. The van der Waals surface area contributed by atoms with Crippen LogP contribution in [0.2, 0.25) is 0 Å². The molecule has 1 N–H and O–H groups in total. The average molecular weight is 353 g/mol. The quantitative estimate of drug-likeness (QED) is 0.506. The van der Waals surface area contributed by atoms with Gasteiger partial charge in [0.15, 0.2) is 0 Å². The first kappa shape index (κ1) is 20.0. The molecule has 0 radical (unpaired) electrons. The molecule has 0 aliphatic carbocycles. The molecule has 0 saturated carbocycles. The summed E-state index contributed by atoms with van der Waals surface area (Å²) < 4.78 is 23.7. The number of hydrogen-bond donors (Lipinski definition) is 1. The van der Waals surface area contributed by atoms with Crippen LogP contribution >= 0.6 is 0 Å². The number of methoxy groups -OCH3 is 1. The Morgan fingerprint density at radius 2 is 1.76 bits per heavy atom. The molecule has 1 aliphatic rings. The summed E-state index contributed by atoms with van der Waals surface area (Å²) in [5.74, 6) is -0.584. The van der Waals surface area contributed by atoms with Gasteiger partial charge in [0.1, 0.15) is 5.69 Å². The number of hydrogen-bond acceptors (Lipinski definition) is 6. The van der Waals surface area contributed by atoms with Gasteiger partial charge < -0.3 is 23.9 Å². The molecule has 0 spiro atoms. The highest BCUT2D eigenvalue weighted by molar-refractivity contribution is 6.62. The maximum atomic E-state index is 12.1. The highest BCUT2D eigenvalue weighted by Crippen LogP contribution is 2.36. The lowest BCUT2D eigenvalue weighted by Gasteiger charge is -2.32. The Balaban J connectivity index is 2.37. The zero-order chi connectivity index (χ0) is 19.2. The lowest BCUT2D eigenvalue weighted by molar-refractivity contribution is -0.210. The summed E-state index contributed by atoms with van der Waals surface area (Å²) in [5.41, 5.74) is -0.849. The van der Waals surface area contributed by atoms with Crippen LogP contribution in [0.4, 0.5) is 0 Å². The van der Waals surface area contributed by atoms with Gasteiger partial charge in [-0.05, 0) is 54.5 Å². The number of rotatable bonds is 4. The van der Waals surface area contributed by atoms with Crippen molar-refractivity contribution in [3.05, 3.63) is 18.0 Å². The van der Waals surface area contributed by atoms with Crippen molar-refractivity contribution in [2.45, 2.75) is 71.7 Å². The van der Waals surface area contributed by atoms with Gasteiger partial charge in [-0.15, -0.1) is 0 Å². The SMILES string of the molecule is COC(=O)c1cc(B2OC(C)(C)C(C)(C)O2)cn1C(O)OC(C)(C)C. The second-order valence-corrected chi connectivity index (χ2v) is 8.20. The Morgan fingerprint density at radius 3 is 2.20 bits per heavy atom. The minimum Gasteiger partial charge on any atom is -0.464 e. The van der Waals surface area contributed by atoms with E-state index in [0.29, 0.717) is 5.46 Å². The zero-order valence-electron chi connectivity index (χ0n) is 16.2. The van der Waals surface area contributed by atoms with Gasteiger partial charge in [-0.2, -0.15) is 0 Å². The third kappa shape index (κ3) is 4.08. The van der Waals surface area contributed by atoms with E-state index >= 15 is 0 Å². The Hall–Kier alpha value is -1.35. The van der Waals surface area contributed by atoms with E-state index in [9.17, 15) is 9.90 Å². The number of esters is 1. The Labute approximate surface area is 149 Å². The second kappa shape index (κ2) is 6.43. The van der Waals surface area contributed by atoms with Crippen LogP contribution in [0.1, 0.15) is 65.4 Å². The molecule has 7 nitrogen and oxygen atoms in total. The van der Waals surface area contributed by atoms with Crippen LogP contribution in [-0.4, -0.2) is 46.7 Å². The molecule has 1 aliphatic heterocycles. The lowest BCUT2D eigenvalue weighted by atomic mass is 9.81. The monoisotopic (exact) mass is 353 g/mol. The highest BCUT2D eigenvalue weighted by atomic mass is 16.7. The molecule has 2 heterocycles. The Morgan fingerprint density at radius 1 is 1.24 bits per heavy atom. The van der Waals surface area contributed by atoms with Crippen LogP contribution in [-0.2, 0) is 18.8 Å². The van der Waals surface area contributed by atoms with Crippen molar-refractivity contribution < 1.29 is 28.7 Å². The molecule has 1 aromatic rings. The zero-order valence-corrected chi connectivity index (χ0v) is 16.2. The molecular weight excluding hydrogens is 325 g/mol. The van der Waals surface area contributed by atoms with E-state index in [2.05, 4.69) is 0 Å². The van der Waals surface area contributed by atoms with Crippen LogP contribution < -0.4 is 5.46 Å². The van der Waals surface area contributed by atoms with E-state index < -0.39 is 36.3 Å². The van der Waals surface area contributed by atoms with Crippen LogP contribution in [0.3, 0.4) is 0 Å². The summed E-state index contributed by atoms with van der Waals surface area (Å²) in [7, 11) is 0.627. The second-order valence-electron chi connectivity index (χ2n) is 8.20. The van der Waals surface area contributed by atoms with Crippen molar-refractivity contribution >= 4 is 18.6 Å². The molecule has 8 heteroatoms. The van der Waals surface area contributed by atoms with Crippen LogP contribution in [0.15, 0.2) is 12.3 Å². The van der Waals surface area contributed by atoms with Crippen molar-refractivity contribution in [3.63, 3.8) is 0 Å². The number of aromatic nitrogens is 1. The van der Waals surface area contributed by atoms with Crippen molar-refractivity contribution in [1.82, 2.24) is 4.57 Å². The maximum absolute atomic E-state index is 12.1. The van der Waals surface area contributed by atoms with Gasteiger partial charge >= 0.3 is 13.1 Å². The predicted octanol–water partition coefficient (Wildman–Crippen LogP) is 1.84. The van der Waals surface area contributed by atoms with Crippen molar-refractivity contribution in [2.75, 3.05) is 7.11 Å². The van der Waals surface area contributed by atoms with E-state index in [4.69, 9.17) is 18.8 Å². The molecule has 0 amide bonds. The third-order valence-electron chi connectivity index (χ3n) is 4.49. The number of aliphatic hydroxyl groups excluding tert-OH is 1. The molecule has 0 bridgehead atoms. The fourth-order valence-corrected chi connectivity index (χ4v) is 2.43. The molecule has 1 fully saturated rings. The van der Waals surface area contributed by atoms with Crippen LogP contribution in [0, 0.1) is 0 Å². The van der Waals surface area contributed by atoms with Crippen molar-refractivity contribution in [3.8, 4) is 0 Å². The average Bonchev–Trinajstić information content (AvgIpc) is 2.96. The van der Waals surface area contributed by atoms with Crippen LogP contribution in [0.5, 0.6) is 0 Å². The van der Waals surface area contributed by atoms with Crippen LogP contribution in [0.25, 0.3) is 0 Å². The summed E-state index contributed by atoms with van der Waals surface area (Å²) >= 11 is 0. The summed E-state index contributed by atoms with van der Waals surface area (Å²) in [4.78, 5) is 12.1. The number of ether oxygens (including phenoxy) is 2. The highest BCUT2D eigenvalue weighted by Gasteiger charge is 2.52. The fraction of sp³-hybridized carbons (Fsp3) is 0.706. The molecule has 1 atom stereocenters. The van der Waals surface area contributed by atoms with Gasteiger partial charge in [-0.1, -0.05) is 0 Å². The Bertz CT molecular complexity index is 630. The van der Waals surface area contributed by atoms with Gasteiger partial charge in [-0.25, -0.2) is 4.79 Å². The normalized spacial score (nSPS) is 20.6. The van der Waals surface area contributed by atoms with Gasteiger partial charge in [0.05, 0.1) is 23.9 Å². The van der Waals surface area contributed by atoms with E-state index in [1.807, 2.05) is 48.5 Å². The molecule has 25 heavy (non-hydrogen) atoms. The first-order valence-corrected chi connectivity index (χ1v) is 8.29. The molecule has 1 saturated heterocycles. The smallest absolute Gasteiger partial charge is 0.464 e. The molecule has 1 unspecified atom stereocenters. The van der Waals surface area contributed by atoms with Gasteiger partial charge in [0.2, 0.25) is 6.41 Å². The van der Waals surface area contributed by atoms with Crippen molar-refractivity contribution in [2.24, 2.45) is 0 Å². The number of carbonyl (C=O) groups excluding carboxylic acids is 1. The largest absolute Gasteiger partial charge is 0.496 e. The van der Waals surface area contributed by atoms with Gasteiger partial charge in [0, 0.05) is 11.7 Å². The maximum Gasteiger partial charge on any atom is 0.496 e.